The number of ether oxygens (including phenoxy) is 3. The Hall–Kier alpha value is -6.26. The lowest BCUT2D eigenvalue weighted by molar-refractivity contribution is 0.0358. The molecule has 0 radical (unpaired) electrons. The molecule has 282 valence electrons. The van der Waals surface area contributed by atoms with E-state index < -0.39 is 5.60 Å². The molecule has 1 N–H and O–H groups in total. The number of aromatic hydroxyl groups is 1. The third-order valence-corrected chi connectivity index (χ3v) is 11.0. The van der Waals surface area contributed by atoms with Gasteiger partial charge in [0.15, 0.2) is 0 Å². The van der Waals surface area contributed by atoms with Crippen molar-refractivity contribution < 1.29 is 19.3 Å². The van der Waals surface area contributed by atoms with Crippen molar-refractivity contribution in [1.82, 2.24) is 0 Å². The van der Waals surface area contributed by atoms with Gasteiger partial charge in [-0.1, -0.05) is 132 Å². The van der Waals surface area contributed by atoms with Crippen LogP contribution in [0, 0.1) is 0 Å². The van der Waals surface area contributed by atoms with Gasteiger partial charge in [-0.05, 0) is 137 Å². The standard InChI is InChI=1S/C52H50O4/c1-50(2,3)42-22-34-48(35-23-42)55-47-30-16-40(17-31-47)41-18-32-49(33-19-41)56-52(6,7)51(4,5)43-20-8-36(9-21-43)38-12-26-45(27-13-38)54-46-28-14-39(15-29-46)37-10-24-44(53)25-11-37/h8-35,53H,1-7H3. The molecule has 7 aromatic rings. The van der Waals surface area contributed by atoms with E-state index in [9.17, 15) is 5.11 Å². The second-order valence-corrected chi connectivity index (χ2v) is 16.4. The maximum Gasteiger partial charge on any atom is 0.127 e. The molecule has 0 amide bonds. The van der Waals surface area contributed by atoms with Gasteiger partial charge in [0.25, 0.3) is 0 Å². The van der Waals surface area contributed by atoms with Crippen LogP contribution in [0.25, 0.3) is 33.4 Å². The minimum atomic E-state index is -0.499. The van der Waals surface area contributed by atoms with Crippen LogP contribution in [0.4, 0.5) is 0 Å². The van der Waals surface area contributed by atoms with Crippen molar-refractivity contribution in [3.05, 3.63) is 181 Å². The monoisotopic (exact) mass is 738 g/mol. The number of phenols is 1. The summed E-state index contributed by atoms with van der Waals surface area (Å²) in [6.07, 6.45) is 0. The molecule has 0 unspecified atom stereocenters. The number of hydrogen-bond donors (Lipinski definition) is 1. The number of hydrogen-bond acceptors (Lipinski definition) is 4. The minimum absolute atomic E-state index is 0.112. The number of phenolic OH excluding ortho intramolecular Hbond substituents is 1. The maximum atomic E-state index is 9.57. The normalized spacial score (nSPS) is 11.9. The van der Waals surface area contributed by atoms with E-state index in [0.29, 0.717) is 0 Å². The van der Waals surface area contributed by atoms with Crippen molar-refractivity contribution >= 4 is 0 Å². The minimum Gasteiger partial charge on any atom is -0.508 e. The summed E-state index contributed by atoms with van der Waals surface area (Å²) >= 11 is 0. The first-order valence-electron chi connectivity index (χ1n) is 19.2. The Morgan fingerprint density at radius 3 is 0.929 bits per heavy atom. The topological polar surface area (TPSA) is 47.9 Å². The first kappa shape index (κ1) is 38.0. The smallest absolute Gasteiger partial charge is 0.127 e. The van der Waals surface area contributed by atoms with Crippen molar-refractivity contribution in [2.45, 2.75) is 64.9 Å². The highest BCUT2D eigenvalue weighted by molar-refractivity contribution is 5.67. The van der Waals surface area contributed by atoms with E-state index in [4.69, 9.17) is 14.2 Å². The van der Waals surface area contributed by atoms with Crippen molar-refractivity contribution in [2.75, 3.05) is 0 Å². The summed E-state index contributed by atoms with van der Waals surface area (Å²) < 4.78 is 18.9. The Labute approximate surface area is 332 Å². The van der Waals surface area contributed by atoms with E-state index in [1.807, 2.05) is 72.8 Å². The third kappa shape index (κ3) is 8.66. The second-order valence-electron chi connectivity index (χ2n) is 16.4. The van der Waals surface area contributed by atoms with Gasteiger partial charge in [-0.2, -0.15) is 0 Å². The summed E-state index contributed by atoms with van der Waals surface area (Å²) in [5, 5.41) is 9.57. The fourth-order valence-electron chi connectivity index (χ4n) is 6.66. The summed E-state index contributed by atoms with van der Waals surface area (Å²) in [5.74, 6) is 4.27. The van der Waals surface area contributed by atoms with Crippen LogP contribution in [0.15, 0.2) is 170 Å². The molecule has 0 bridgehead atoms. The number of benzene rings is 7. The first-order valence-corrected chi connectivity index (χ1v) is 19.2. The lowest BCUT2D eigenvalue weighted by atomic mass is 9.71. The summed E-state index contributed by atoms with van der Waals surface area (Å²) in [6.45, 7) is 15.4. The molecular formula is C52H50O4. The average molecular weight is 739 g/mol. The molecule has 0 aliphatic heterocycles. The zero-order chi connectivity index (χ0) is 39.5. The summed E-state index contributed by atoms with van der Waals surface area (Å²) in [5.41, 5.74) is 8.40. The summed E-state index contributed by atoms with van der Waals surface area (Å²) in [7, 11) is 0. The van der Waals surface area contributed by atoms with Gasteiger partial charge >= 0.3 is 0 Å². The highest BCUT2D eigenvalue weighted by atomic mass is 16.5. The molecule has 0 aromatic heterocycles. The fourth-order valence-corrected chi connectivity index (χ4v) is 6.66. The van der Waals surface area contributed by atoms with Gasteiger partial charge in [0.2, 0.25) is 0 Å². The quantitative estimate of drug-likeness (QED) is 0.144. The van der Waals surface area contributed by atoms with Crippen LogP contribution >= 0.6 is 0 Å². The average Bonchev–Trinajstić information content (AvgIpc) is 3.19. The van der Waals surface area contributed by atoms with Crippen molar-refractivity contribution in [3.63, 3.8) is 0 Å². The SMILES string of the molecule is CC(C)(C)c1ccc(Oc2ccc(-c3ccc(OC(C)(C)C(C)(C)c4ccc(-c5ccc(Oc6ccc(-c7ccc(O)cc7)cc6)cc5)cc4)cc3)cc2)cc1. The summed E-state index contributed by atoms with van der Waals surface area (Å²) in [4.78, 5) is 0. The highest BCUT2D eigenvalue weighted by Crippen LogP contribution is 2.40. The predicted molar refractivity (Wildman–Crippen MR) is 230 cm³/mol. The summed E-state index contributed by atoms with van der Waals surface area (Å²) in [6, 6.07) is 57.0. The Morgan fingerprint density at radius 1 is 0.321 bits per heavy atom. The van der Waals surface area contributed by atoms with Crippen LogP contribution in [0.2, 0.25) is 0 Å². The second kappa shape index (κ2) is 15.5. The largest absolute Gasteiger partial charge is 0.508 e. The molecule has 4 heteroatoms. The molecule has 0 atom stereocenters. The highest BCUT2D eigenvalue weighted by Gasteiger charge is 2.40. The van der Waals surface area contributed by atoms with E-state index in [1.54, 1.807) is 12.1 Å². The van der Waals surface area contributed by atoms with E-state index >= 15 is 0 Å². The molecule has 4 nitrogen and oxygen atoms in total. The first-order chi connectivity index (χ1) is 26.7. The van der Waals surface area contributed by atoms with E-state index in [0.717, 1.165) is 62.1 Å². The Bertz CT molecular complexity index is 2350. The lowest BCUT2D eigenvalue weighted by Crippen LogP contribution is -2.47. The molecule has 0 aliphatic rings. The van der Waals surface area contributed by atoms with Gasteiger partial charge in [-0.15, -0.1) is 0 Å². The van der Waals surface area contributed by atoms with Crippen LogP contribution in [0.5, 0.6) is 34.5 Å². The van der Waals surface area contributed by atoms with Crippen molar-refractivity contribution in [2.24, 2.45) is 0 Å². The van der Waals surface area contributed by atoms with Crippen LogP contribution in [0.3, 0.4) is 0 Å². The van der Waals surface area contributed by atoms with E-state index in [2.05, 4.69) is 133 Å². The zero-order valence-corrected chi connectivity index (χ0v) is 33.3. The maximum absolute atomic E-state index is 9.57. The Morgan fingerprint density at radius 2 is 0.589 bits per heavy atom. The van der Waals surface area contributed by atoms with Crippen LogP contribution in [-0.2, 0) is 10.8 Å². The lowest BCUT2D eigenvalue weighted by Gasteiger charge is -2.42. The molecule has 56 heavy (non-hydrogen) atoms. The van der Waals surface area contributed by atoms with Crippen LogP contribution in [-0.4, -0.2) is 10.7 Å². The van der Waals surface area contributed by atoms with Gasteiger partial charge in [0, 0.05) is 5.41 Å². The Kier molecular flexibility index (Phi) is 10.5. The predicted octanol–water partition coefficient (Wildman–Crippen LogP) is 14.4. The number of rotatable bonds is 11. The fraction of sp³-hybridized carbons (Fsp3) is 0.192. The van der Waals surface area contributed by atoms with Gasteiger partial charge in [0.05, 0.1) is 0 Å². The molecule has 7 rings (SSSR count). The molecule has 0 saturated carbocycles. The van der Waals surface area contributed by atoms with E-state index in [-0.39, 0.29) is 16.6 Å². The zero-order valence-electron chi connectivity index (χ0n) is 33.3. The van der Waals surface area contributed by atoms with Crippen molar-refractivity contribution in [3.8, 4) is 67.9 Å². The van der Waals surface area contributed by atoms with Gasteiger partial charge < -0.3 is 19.3 Å². The van der Waals surface area contributed by atoms with Gasteiger partial charge in [-0.3, -0.25) is 0 Å². The molecular weight excluding hydrogens is 689 g/mol. The molecule has 7 aromatic carbocycles. The third-order valence-electron chi connectivity index (χ3n) is 11.0. The van der Waals surface area contributed by atoms with Gasteiger partial charge in [0.1, 0.15) is 40.1 Å². The van der Waals surface area contributed by atoms with E-state index in [1.165, 1.54) is 11.1 Å². The van der Waals surface area contributed by atoms with Gasteiger partial charge in [-0.25, -0.2) is 0 Å². The van der Waals surface area contributed by atoms with Crippen LogP contribution < -0.4 is 14.2 Å². The molecule has 0 aliphatic carbocycles. The Balaban J connectivity index is 0.948. The molecule has 0 saturated heterocycles. The van der Waals surface area contributed by atoms with Crippen molar-refractivity contribution in [1.29, 1.82) is 0 Å². The molecule has 0 spiro atoms. The molecule has 0 heterocycles. The molecule has 0 fully saturated rings. The van der Waals surface area contributed by atoms with Crippen LogP contribution in [0.1, 0.15) is 59.6 Å².